The number of rotatable bonds is 4. The number of nitriles is 1. The Kier molecular flexibility index (Phi) is 4.79. The van der Waals surface area contributed by atoms with Crippen molar-refractivity contribution in [3.05, 3.63) is 77.1 Å². The Morgan fingerprint density at radius 3 is 2.55 bits per heavy atom. The highest BCUT2D eigenvalue weighted by Gasteiger charge is 2.40. The molecule has 1 saturated heterocycles. The van der Waals surface area contributed by atoms with Crippen LogP contribution in [-0.2, 0) is 4.74 Å². The predicted molar refractivity (Wildman–Crippen MR) is 116 cm³/mol. The van der Waals surface area contributed by atoms with Crippen molar-refractivity contribution in [3.63, 3.8) is 0 Å². The van der Waals surface area contributed by atoms with Crippen LogP contribution in [0.5, 0.6) is 5.88 Å². The van der Waals surface area contributed by atoms with Crippen LogP contribution in [0.3, 0.4) is 0 Å². The standard InChI is InChI=1S/C24H25N5O2/c1-15(2)29-24-21(22(27-29)19-6-5-13-30-19)20(18(14-25)23(26)31-24)16-7-9-17(10-8-16)28-11-3-4-12-28/h3-4,7-12,15,19-20H,5-6,13,26H2,1-2H3. The number of nitrogens with two attached hydrogens (primary N) is 1. The molecule has 2 atom stereocenters. The molecule has 0 bridgehead atoms. The first-order valence-electron chi connectivity index (χ1n) is 10.6. The maximum Gasteiger partial charge on any atom is 0.224 e. The van der Waals surface area contributed by atoms with E-state index in [-0.39, 0.29) is 23.9 Å². The van der Waals surface area contributed by atoms with Gasteiger partial charge in [-0.05, 0) is 56.5 Å². The number of benzene rings is 1. The second-order valence-corrected chi connectivity index (χ2v) is 8.25. The maximum absolute atomic E-state index is 9.97. The molecule has 0 radical (unpaired) electrons. The monoisotopic (exact) mass is 415 g/mol. The number of ether oxygens (including phenoxy) is 2. The van der Waals surface area contributed by atoms with Gasteiger partial charge in [0.1, 0.15) is 17.7 Å². The van der Waals surface area contributed by atoms with Gasteiger partial charge in [0.15, 0.2) is 0 Å². The third-order valence-electron chi connectivity index (χ3n) is 5.95. The summed E-state index contributed by atoms with van der Waals surface area (Å²) in [6, 6.07) is 14.5. The minimum Gasteiger partial charge on any atom is -0.422 e. The van der Waals surface area contributed by atoms with Gasteiger partial charge in [-0.3, -0.25) is 0 Å². The summed E-state index contributed by atoms with van der Waals surface area (Å²) in [5.41, 5.74) is 10.4. The molecule has 3 aromatic rings. The fraction of sp³-hybridized carbons (Fsp3) is 0.333. The third kappa shape index (κ3) is 3.20. The summed E-state index contributed by atoms with van der Waals surface area (Å²) in [5, 5.41) is 14.8. The van der Waals surface area contributed by atoms with Crippen molar-refractivity contribution >= 4 is 0 Å². The zero-order valence-electron chi connectivity index (χ0n) is 17.7. The van der Waals surface area contributed by atoms with Gasteiger partial charge in [-0.2, -0.15) is 10.4 Å². The molecule has 2 aliphatic rings. The van der Waals surface area contributed by atoms with E-state index in [4.69, 9.17) is 20.3 Å². The minimum atomic E-state index is -0.348. The molecule has 2 unspecified atom stereocenters. The molecular weight excluding hydrogens is 390 g/mol. The quantitative estimate of drug-likeness (QED) is 0.685. The lowest BCUT2D eigenvalue weighted by molar-refractivity contribution is 0.107. The largest absolute Gasteiger partial charge is 0.422 e. The fourth-order valence-electron chi connectivity index (χ4n) is 4.45. The van der Waals surface area contributed by atoms with E-state index in [0.717, 1.165) is 35.3 Å². The van der Waals surface area contributed by atoms with Crippen LogP contribution in [0.25, 0.3) is 5.69 Å². The van der Waals surface area contributed by atoms with Gasteiger partial charge in [0, 0.05) is 24.7 Å². The van der Waals surface area contributed by atoms with Gasteiger partial charge >= 0.3 is 0 Å². The first-order chi connectivity index (χ1) is 15.1. The van der Waals surface area contributed by atoms with E-state index < -0.39 is 0 Å². The van der Waals surface area contributed by atoms with E-state index in [2.05, 4.69) is 19.9 Å². The number of fused-ring (bicyclic) bond motifs is 1. The van der Waals surface area contributed by atoms with Crippen molar-refractivity contribution in [2.75, 3.05) is 6.61 Å². The summed E-state index contributed by atoms with van der Waals surface area (Å²) in [4.78, 5) is 0. The van der Waals surface area contributed by atoms with E-state index in [9.17, 15) is 5.26 Å². The average molecular weight is 415 g/mol. The molecule has 7 nitrogen and oxygen atoms in total. The van der Waals surface area contributed by atoms with E-state index in [1.165, 1.54) is 0 Å². The average Bonchev–Trinajstić information content (AvgIpc) is 3.53. The van der Waals surface area contributed by atoms with E-state index in [1.807, 2.05) is 58.0 Å². The van der Waals surface area contributed by atoms with Crippen molar-refractivity contribution < 1.29 is 9.47 Å². The Bertz CT molecular complexity index is 1160. The molecule has 0 spiro atoms. The highest BCUT2D eigenvalue weighted by molar-refractivity contribution is 5.57. The summed E-state index contributed by atoms with van der Waals surface area (Å²) in [6.07, 6.45) is 5.80. The molecule has 7 heteroatoms. The molecule has 0 saturated carbocycles. The van der Waals surface area contributed by atoms with E-state index in [1.54, 1.807) is 0 Å². The van der Waals surface area contributed by atoms with Crippen LogP contribution in [0.1, 0.15) is 61.6 Å². The van der Waals surface area contributed by atoms with Crippen molar-refractivity contribution in [2.45, 2.75) is 44.8 Å². The van der Waals surface area contributed by atoms with Crippen molar-refractivity contribution in [2.24, 2.45) is 5.73 Å². The van der Waals surface area contributed by atoms with Gasteiger partial charge in [0.05, 0.1) is 23.2 Å². The van der Waals surface area contributed by atoms with Gasteiger partial charge in [0.25, 0.3) is 0 Å². The first-order valence-corrected chi connectivity index (χ1v) is 10.6. The second kappa shape index (κ2) is 7.64. The molecular formula is C24H25N5O2. The van der Waals surface area contributed by atoms with E-state index in [0.29, 0.717) is 18.1 Å². The number of allylic oxidation sites excluding steroid dienone is 1. The predicted octanol–water partition coefficient (Wildman–Crippen LogP) is 4.32. The molecule has 2 aromatic heterocycles. The van der Waals surface area contributed by atoms with Crippen molar-refractivity contribution in [3.8, 4) is 17.6 Å². The third-order valence-corrected chi connectivity index (χ3v) is 5.95. The van der Waals surface area contributed by atoms with Crippen molar-refractivity contribution in [1.29, 1.82) is 5.26 Å². The maximum atomic E-state index is 9.97. The van der Waals surface area contributed by atoms with Gasteiger partial charge in [0.2, 0.25) is 11.8 Å². The van der Waals surface area contributed by atoms with Crippen LogP contribution in [0, 0.1) is 11.3 Å². The first kappa shape index (κ1) is 19.5. The zero-order chi connectivity index (χ0) is 21.5. The van der Waals surface area contributed by atoms with Crippen LogP contribution < -0.4 is 10.5 Å². The number of hydrogen-bond acceptors (Lipinski definition) is 5. The molecule has 2 N–H and O–H groups in total. The number of hydrogen-bond donors (Lipinski definition) is 1. The zero-order valence-corrected chi connectivity index (χ0v) is 17.7. The number of aromatic nitrogens is 3. The fourth-order valence-corrected chi connectivity index (χ4v) is 4.45. The molecule has 158 valence electrons. The Morgan fingerprint density at radius 2 is 1.94 bits per heavy atom. The Balaban J connectivity index is 1.67. The Morgan fingerprint density at radius 1 is 1.19 bits per heavy atom. The molecule has 2 aliphatic heterocycles. The lowest BCUT2D eigenvalue weighted by atomic mass is 9.83. The summed E-state index contributed by atoms with van der Waals surface area (Å²) >= 11 is 0. The van der Waals surface area contributed by atoms with Crippen LogP contribution in [-0.4, -0.2) is 21.0 Å². The van der Waals surface area contributed by atoms with Gasteiger partial charge in [-0.25, -0.2) is 4.68 Å². The lowest BCUT2D eigenvalue weighted by Gasteiger charge is -2.26. The van der Waals surface area contributed by atoms with Gasteiger partial charge in [-0.15, -0.1) is 0 Å². The molecule has 1 fully saturated rings. The number of nitrogens with zero attached hydrogens (tertiary/aromatic N) is 4. The van der Waals surface area contributed by atoms with E-state index >= 15 is 0 Å². The Labute approximate surface area is 181 Å². The van der Waals surface area contributed by atoms with Crippen LogP contribution >= 0.6 is 0 Å². The Hall–Kier alpha value is -3.50. The second-order valence-electron chi connectivity index (χ2n) is 8.25. The molecule has 4 heterocycles. The molecule has 0 aliphatic carbocycles. The van der Waals surface area contributed by atoms with Crippen molar-refractivity contribution in [1.82, 2.24) is 14.3 Å². The van der Waals surface area contributed by atoms with Crippen LogP contribution in [0.15, 0.2) is 60.2 Å². The summed E-state index contributed by atoms with van der Waals surface area (Å²) in [5.74, 6) is 0.394. The van der Waals surface area contributed by atoms with Gasteiger partial charge < -0.3 is 19.8 Å². The molecule has 1 aromatic carbocycles. The SMILES string of the molecule is CC(C)n1nc(C2CCCO2)c2c1OC(N)=C(C#N)C2c1ccc(-n2cccc2)cc1. The smallest absolute Gasteiger partial charge is 0.224 e. The molecule has 31 heavy (non-hydrogen) atoms. The molecule has 0 amide bonds. The van der Waals surface area contributed by atoms with Crippen LogP contribution in [0.2, 0.25) is 0 Å². The topological polar surface area (TPSA) is 91.0 Å². The summed E-state index contributed by atoms with van der Waals surface area (Å²) < 4.78 is 15.9. The normalized spacial score (nSPS) is 20.6. The summed E-state index contributed by atoms with van der Waals surface area (Å²) in [7, 11) is 0. The highest BCUT2D eigenvalue weighted by Crippen LogP contribution is 2.48. The molecule has 5 rings (SSSR count). The van der Waals surface area contributed by atoms with Crippen LogP contribution in [0.4, 0.5) is 0 Å². The van der Waals surface area contributed by atoms with Gasteiger partial charge in [-0.1, -0.05) is 12.1 Å². The minimum absolute atomic E-state index is 0.0807. The summed E-state index contributed by atoms with van der Waals surface area (Å²) in [6.45, 7) is 4.82. The lowest BCUT2D eigenvalue weighted by Crippen LogP contribution is -2.23. The highest BCUT2D eigenvalue weighted by atomic mass is 16.5.